The van der Waals surface area contributed by atoms with Gasteiger partial charge in [0.25, 0.3) is 5.91 Å². The first-order valence-electron chi connectivity index (χ1n) is 7.52. The fourth-order valence-electron chi connectivity index (χ4n) is 2.01. The Morgan fingerprint density at radius 2 is 2.26 bits per heavy atom. The topological polar surface area (TPSA) is 77.2 Å². The summed E-state index contributed by atoms with van der Waals surface area (Å²) in [5, 5.41) is 3.06. The molecule has 0 radical (unpaired) electrons. The Hall–Kier alpha value is -2.08. The first-order valence-corrected chi connectivity index (χ1v) is 7.90. The molecule has 1 fully saturated rings. The van der Waals surface area contributed by atoms with E-state index in [-0.39, 0.29) is 12.5 Å². The second kappa shape index (κ2) is 6.58. The van der Waals surface area contributed by atoms with Crippen LogP contribution in [0.15, 0.2) is 16.7 Å². The van der Waals surface area contributed by atoms with E-state index in [0.29, 0.717) is 34.9 Å². The zero-order chi connectivity index (χ0) is 16.4. The monoisotopic (exact) mass is 335 g/mol. The average molecular weight is 336 g/mol. The number of carbonyl (C=O) groups excluding carboxylic acids is 1. The van der Waals surface area contributed by atoms with Crippen LogP contribution in [0.3, 0.4) is 0 Å². The van der Waals surface area contributed by atoms with Gasteiger partial charge in [-0.05, 0) is 38.7 Å². The van der Waals surface area contributed by atoms with E-state index in [1.165, 1.54) is 19.0 Å². The number of hydrogen-bond donors (Lipinski definition) is 1. The molecule has 0 atom stereocenters. The molecule has 0 unspecified atom stereocenters. The van der Waals surface area contributed by atoms with Gasteiger partial charge >= 0.3 is 0 Å². The van der Waals surface area contributed by atoms with Crippen molar-refractivity contribution in [3.63, 3.8) is 0 Å². The predicted molar refractivity (Wildman–Crippen MR) is 84.6 cm³/mol. The summed E-state index contributed by atoms with van der Waals surface area (Å²) in [6.07, 6.45) is 3.84. The fourth-order valence-corrected chi connectivity index (χ4v) is 2.23. The van der Waals surface area contributed by atoms with Gasteiger partial charge in [-0.15, -0.1) is 0 Å². The number of halogens is 1. The highest BCUT2D eigenvalue weighted by Gasteiger charge is 2.23. The van der Waals surface area contributed by atoms with Gasteiger partial charge in [-0.3, -0.25) is 4.79 Å². The van der Waals surface area contributed by atoms with Crippen LogP contribution in [0.5, 0.6) is 5.88 Å². The SMILES string of the molecule is Cc1nc(CNC(=O)c2cnc(OCC3CC3)c(Cl)c2)oc1C. The number of aromatic nitrogens is 2. The Labute approximate surface area is 139 Å². The minimum absolute atomic E-state index is 0.213. The lowest BCUT2D eigenvalue weighted by Gasteiger charge is -2.08. The number of rotatable bonds is 6. The predicted octanol–water partition coefficient (Wildman–Crippen LogP) is 3.06. The number of carbonyl (C=O) groups is 1. The van der Waals surface area contributed by atoms with Gasteiger partial charge in [0.05, 0.1) is 24.4 Å². The molecule has 0 aliphatic heterocycles. The third kappa shape index (κ3) is 4.01. The highest BCUT2D eigenvalue weighted by atomic mass is 35.5. The summed E-state index contributed by atoms with van der Waals surface area (Å²) >= 11 is 6.12. The van der Waals surface area contributed by atoms with Crippen LogP contribution in [0, 0.1) is 19.8 Å². The lowest BCUT2D eigenvalue weighted by Crippen LogP contribution is -2.23. The quantitative estimate of drug-likeness (QED) is 0.877. The van der Waals surface area contributed by atoms with Crippen molar-refractivity contribution < 1.29 is 13.9 Å². The zero-order valence-electron chi connectivity index (χ0n) is 13.1. The molecule has 2 aromatic heterocycles. The second-order valence-corrected chi connectivity index (χ2v) is 6.10. The number of amides is 1. The number of pyridine rings is 1. The van der Waals surface area contributed by atoms with Gasteiger partial charge in [-0.1, -0.05) is 11.6 Å². The summed E-state index contributed by atoms with van der Waals surface area (Å²) in [7, 11) is 0. The molecule has 1 N–H and O–H groups in total. The van der Waals surface area contributed by atoms with E-state index in [0.717, 1.165) is 11.5 Å². The molecular formula is C16H18ClN3O3. The van der Waals surface area contributed by atoms with Crippen LogP contribution in [0.4, 0.5) is 0 Å². The molecule has 7 heteroatoms. The normalized spacial score (nSPS) is 13.9. The van der Waals surface area contributed by atoms with Crippen molar-refractivity contribution in [2.45, 2.75) is 33.2 Å². The van der Waals surface area contributed by atoms with E-state index < -0.39 is 0 Å². The number of oxazole rings is 1. The molecule has 2 heterocycles. The van der Waals surface area contributed by atoms with E-state index in [1.807, 2.05) is 13.8 Å². The van der Waals surface area contributed by atoms with Crippen molar-refractivity contribution in [2.75, 3.05) is 6.61 Å². The minimum atomic E-state index is -0.290. The van der Waals surface area contributed by atoms with Crippen LogP contribution in [-0.2, 0) is 6.54 Å². The van der Waals surface area contributed by atoms with E-state index in [4.69, 9.17) is 20.8 Å². The number of nitrogens with zero attached hydrogens (tertiary/aromatic N) is 2. The number of aryl methyl sites for hydroxylation is 2. The summed E-state index contributed by atoms with van der Waals surface area (Å²) in [6, 6.07) is 1.55. The maximum absolute atomic E-state index is 12.1. The Kier molecular flexibility index (Phi) is 4.52. The molecule has 23 heavy (non-hydrogen) atoms. The fraction of sp³-hybridized carbons (Fsp3) is 0.438. The van der Waals surface area contributed by atoms with Gasteiger partial charge < -0.3 is 14.5 Å². The van der Waals surface area contributed by atoms with Gasteiger partial charge in [0.1, 0.15) is 10.8 Å². The Morgan fingerprint density at radius 3 is 2.87 bits per heavy atom. The van der Waals surface area contributed by atoms with Crippen LogP contribution in [-0.4, -0.2) is 22.5 Å². The van der Waals surface area contributed by atoms with E-state index in [1.54, 1.807) is 6.07 Å². The highest BCUT2D eigenvalue weighted by Crippen LogP contribution is 2.31. The van der Waals surface area contributed by atoms with E-state index >= 15 is 0 Å². The molecule has 0 saturated heterocycles. The third-order valence-electron chi connectivity index (χ3n) is 3.70. The van der Waals surface area contributed by atoms with Crippen LogP contribution >= 0.6 is 11.6 Å². The highest BCUT2D eigenvalue weighted by molar-refractivity contribution is 6.32. The van der Waals surface area contributed by atoms with Crippen LogP contribution in [0.1, 0.15) is 40.5 Å². The molecule has 1 amide bonds. The largest absolute Gasteiger partial charge is 0.476 e. The van der Waals surface area contributed by atoms with Crippen molar-refractivity contribution in [1.29, 1.82) is 0 Å². The Morgan fingerprint density at radius 1 is 1.48 bits per heavy atom. The molecule has 3 rings (SSSR count). The van der Waals surface area contributed by atoms with Gasteiger partial charge in [0, 0.05) is 6.20 Å². The molecular weight excluding hydrogens is 318 g/mol. The van der Waals surface area contributed by atoms with Gasteiger partial charge in [-0.2, -0.15) is 0 Å². The maximum atomic E-state index is 12.1. The second-order valence-electron chi connectivity index (χ2n) is 5.70. The van der Waals surface area contributed by atoms with Crippen molar-refractivity contribution in [1.82, 2.24) is 15.3 Å². The smallest absolute Gasteiger partial charge is 0.253 e. The van der Waals surface area contributed by atoms with E-state index in [2.05, 4.69) is 15.3 Å². The van der Waals surface area contributed by atoms with Crippen LogP contribution in [0.2, 0.25) is 5.02 Å². The Balaban J connectivity index is 1.58. The lowest BCUT2D eigenvalue weighted by molar-refractivity contribution is 0.0946. The molecule has 1 aliphatic rings. The molecule has 0 bridgehead atoms. The number of hydrogen-bond acceptors (Lipinski definition) is 5. The molecule has 1 aliphatic carbocycles. The molecule has 1 saturated carbocycles. The van der Waals surface area contributed by atoms with Crippen molar-refractivity contribution >= 4 is 17.5 Å². The minimum Gasteiger partial charge on any atom is -0.476 e. The van der Waals surface area contributed by atoms with Crippen molar-refractivity contribution in [3.8, 4) is 5.88 Å². The lowest BCUT2D eigenvalue weighted by atomic mass is 10.2. The standard InChI is InChI=1S/C16H18ClN3O3/c1-9-10(2)23-14(20-9)7-18-15(21)12-5-13(17)16(19-6-12)22-8-11-3-4-11/h5-6,11H,3-4,7-8H2,1-2H3,(H,18,21). The maximum Gasteiger partial charge on any atom is 0.253 e. The average Bonchev–Trinajstić information content (AvgIpc) is 3.29. The molecule has 0 spiro atoms. The Bertz CT molecular complexity index is 706. The number of nitrogens with one attached hydrogen (secondary N) is 1. The van der Waals surface area contributed by atoms with Gasteiger partial charge in [0.15, 0.2) is 0 Å². The molecule has 0 aromatic carbocycles. The first kappa shape index (κ1) is 15.8. The molecule has 6 nitrogen and oxygen atoms in total. The third-order valence-corrected chi connectivity index (χ3v) is 3.97. The number of ether oxygens (including phenoxy) is 1. The first-order chi connectivity index (χ1) is 11.0. The van der Waals surface area contributed by atoms with Crippen molar-refractivity contribution in [3.05, 3.63) is 40.2 Å². The van der Waals surface area contributed by atoms with Gasteiger partial charge in [-0.25, -0.2) is 9.97 Å². The molecule has 122 valence electrons. The summed E-state index contributed by atoms with van der Waals surface area (Å²) in [6.45, 7) is 4.53. The zero-order valence-corrected chi connectivity index (χ0v) is 13.8. The van der Waals surface area contributed by atoms with E-state index in [9.17, 15) is 4.79 Å². The van der Waals surface area contributed by atoms with Crippen LogP contribution < -0.4 is 10.1 Å². The summed E-state index contributed by atoms with van der Waals surface area (Å²) in [5.74, 6) is 1.91. The summed E-state index contributed by atoms with van der Waals surface area (Å²) < 4.78 is 11.0. The van der Waals surface area contributed by atoms with Crippen LogP contribution in [0.25, 0.3) is 0 Å². The van der Waals surface area contributed by atoms with Gasteiger partial charge in [0.2, 0.25) is 11.8 Å². The summed E-state index contributed by atoms with van der Waals surface area (Å²) in [4.78, 5) is 20.5. The summed E-state index contributed by atoms with van der Waals surface area (Å²) in [5.41, 5.74) is 1.19. The van der Waals surface area contributed by atoms with Crippen molar-refractivity contribution in [2.24, 2.45) is 5.92 Å². The molecule has 2 aromatic rings.